The molecule has 0 aliphatic rings. The number of hydrogen-bond donors (Lipinski definition) is 1. The maximum Gasteiger partial charge on any atom is 0.425 e. The summed E-state index contributed by atoms with van der Waals surface area (Å²) < 4.78 is 48.0. The highest BCUT2D eigenvalue weighted by Gasteiger charge is 2.57. The van der Waals surface area contributed by atoms with Crippen molar-refractivity contribution in [1.29, 1.82) is 0 Å². The van der Waals surface area contributed by atoms with Crippen LogP contribution in [0.2, 0.25) is 0 Å². The molecule has 0 amide bonds. The quantitative estimate of drug-likeness (QED) is 0.347. The van der Waals surface area contributed by atoms with E-state index in [0.29, 0.717) is 17.5 Å². The first-order valence-electron chi connectivity index (χ1n) is 10.6. The van der Waals surface area contributed by atoms with Gasteiger partial charge in [-0.2, -0.15) is 13.2 Å². The summed E-state index contributed by atoms with van der Waals surface area (Å²) in [5.74, 6) is -0.00830. The number of benzene rings is 2. The summed E-state index contributed by atoms with van der Waals surface area (Å²) in [7, 11) is 1.31. The first-order chi connectivity index (χ1) is 15.0. The molecule has 2 aromatic rings. The van der Waals surface area contributed by atoms with E-state index < -0.39 is 11.8 Å². The van der Waals surface area contributed by atoms with Gasteiger partial charge < -0.3 is 9.84 Å². The van der Waals surface area contributed by atoms with Gasteiger partial charge in [-0.25, -0.2) is 0 Å². The zero-order valence-corrected chi connectivity index (χ0v) is 19.3. The largest absolute Gasteiger partial charge is 0.496 e. The lowest BCUT2D eigenvalue weighted by molar-refractivity contribution is -0.248. The Bertz CT molecular complexity index is 1030. The first-order valence-corrected chi connectivity index (χ1v) is 10.6. The van der Waals surface area contributed by atoms with Crippen LogP contribution in [0, 0.1) is 13.8 Å². The molecule has 0 bridgehead atoms. The van der Waals surface area contributed by atoms with Crippen molar-refractivity contribution in [3.8, 4) is 5.75 Å². The minimum atomic E-state index is -4.94. The van der Waals surface area contributed by atoms with Crippen LogP contribution < -0.4 is 4.74 Å². The van der Waals surface area contributed by atoms with E-state index in [1.807, 2.05) is 12.2 Å². The normalized spacial score (nSPS) is 13.8. The van der Waals surface area contributed by atoms with E-state index in [9.17, 15) is 18.3 Å². The van der Waals surface area contributed by atoms with Gasteiger partial charge in [-0.05, 0) is 81.0 Å². The second-order valence-electron chi connectivity index (χ2n) is 8.00. The Morgan fingerprint density at radius 3 is 2.44 bits per heavy atom. The molecule has 5 heteroatoms. The highest BCUT2D eigenvalue weighted by atomic mass is 19.4. The summed E-state index contributed by atoms with van der Waals surface area (Å²) in [5, 5.41) is 11.0. The van der Waals surface area contributed by atoms with Gasteiger partial charge in [0.2, 0.25) is 5.60 Å². The van der Waals surface area contributed by atoms with Crippen LogP contribution in [0.3, 0.4) is 0 Å². The van der Waals surface area contributed by atoms with Crippen LogP contribution in [0.5, 0.6) is 5.75 Å². The van der Waals surface area contributed by atoms with Gasteiger partial charge in [-0.1, -0.05) is 48.4 Å². The fourth-order valence-electron chi connectivity index (χ4n) is 3.65. The summed E-state index contributed by atoms with van der Waals surface area (Å²) in [6.45, 7) is 7.56. The van der Waals surface area contributed by atoms with Crippen LogP contribution in [0.4, 0.5) is 13.2 Å². The van der Waals surface area contributed by atoms with E-state index in [4.69, 9.17) is 4.74 Å². The molecular weight excluding hydrogens is 413 g/mol. The molecule has 172 valence electrons. The van der Waals surface area contributed by atoms with E-state index in [2.05, 4.69) is 25.7 Å². The van der Waals surface area contributed by atoms with Gasteiger partial charge >= 0.3 is 6.18 Å². The fourth-order valence-corrected chi connectivity index (χ4v) is 3.65. The summed E-state index contributed by atoms with van der Waals surface area (Å²) in [4.78, 5) is 0. The van der Waals surface area contributed by atoms with Gasteiger partial charge in [0, 0.05) is 5.56 Å². The molecule has 0 saturated heterocycles. The van der Waals surface area contributed by atoms with Gasteiger partial charge in [0.25, 0.3) is 0 Å². The topological polar surface area (TPSA) is 29.5 Å². The molecule has 0 radical (unpaired) electrons. The van der Waals surface area contributed by atoms with Crippen molar-refractivity contribution in [2.45, 2.75) is 58.7 Å². The summed E-state index contributed by atoms with van der Waals surface area (Å²) >= 11 is 0. The molecule has 0 aliphatic carbocycles. The monoisotopic (exact) mass is 444 g/mol. The number of methoxy groups -OCH3 is 1. The number of rotatable bonds is 8. The van der Waals surface area contributed by atoms with Crippen molar-refractivity contribution in [3.05, 3.63) is 93.7 Å². The lowest BCUT2D eigenvalue weighted by Gasteiger charge is -2.33. The standard InChI is InChI=1S/C27H31F3O2/c1-6-11-19(2)12-8-7-9-14-22-18-25(32-5)24(17-21(22)4)26(31,27(28,29)30)23-15-10-13-20(3)16-23/h8-11,13,15-18,31H,6,12,14H2,1-5H3. The van der Waals surface area contributed by atoms with Gasteiger partial charge in [-0.15, -0.1) is 5.73 Å². The maximum absolute atomic E-state index is 14.2. The van der Waals surface area contributed by atoms with Crippen LogP contribution in [-0.2, 0) is 12.0 Å². The van der Waals surface area contributed by atoms with Crippen molar-refractivity contribution in [2.24, 2.45) is 0 Å². The summed E-state index contributed by atoms with van der Waals surface area (Å²) in [6, 6.07) is 8.76. The molecule has 0 aromatic heterocycles. The predicted octanol–water partition coefficient (Wildman–Crippen LogP) is 7.11. The van der Waals surface area contributed by atoms with E-state index >= 15 is 0 Å². The third-order valence-corrected chi connectivity index (χ3v) is 5.43. The molecule has 2 aromatic carbocycles. The van der Waals surface area contributed by atoms with E-state index in [1.165, 1.54) is 36.9 Å². The molecule has 0 fully saturated rings. The van der Waals surface area contributed by atoms with Crippen LogP contribution in [0.1, 0.15) is 54.5 Å². The van der Waals surface area contributed by atoms with Gasteiger partial charge in [-0.3, -0.25) is 0 Å². The molecule has 2 nitrogen and oxygen atoms in total. The third kappa shape index (κ3) is 5.73. The number of aryl methyl sites for hydroxylation is 2. The van der Waals surface area contributed by atoms with Gasteiger partial charge in [0.15, 0.2) is 0 Å². The zero-order chi connectivity index (χ0) is 23.9. The third-order valence-electron chi connectivity index (χ3n) is 5.43. The lowest BCUT2D eigenvalue weighted by atomic mass is 9.82. The molecule has 1 unspecified atom stereocenters. The van der Waals surface area contributed by atoms with Crippen LogP contribution in [0.25, 0.3) is 0 Å². The number of aliphatic hydroxyl groups is 1. The number of allylic oxidation sites excluding steroid dienone is 3. The lowest BCUT2D eigenvalue weighted by Crippen LogP contribution is -2.43. The SMILES string of the molecule is CCC=C(C)CC=C=CCc1cc(OC)c(C(O)(c2cccc(C)c2)C(F)(F)F)cc1C. The minimum Gasteiger partial charge on any atom is -0.496 e. The van der Waals surface area contributed by atoms with Crippen LogP contribution >= 0.6 is 0 Å². The van der Waals surface area contributed by atoms with Gasteiger partial charge in [0.1, 0.15) is 5.75 Å². The Balaban J connectivity index is 2.48. The average Bonchev–Trinajstić information content (AvgIpc) is 2.73. The highest BCUT2D eigenvalue weighted by Crippen LogP contribution is 2.48. The van der Waals surface area contributed by atoms with Crippen molar-refractivity contribution >= 4 is 0 Å². The minimum absolute atomic E-state index is 0.00830. The molecule has 0 spiro atoms. The van der Waals surface area contributed by atoms with Gasteiger partial charge in [0.05, 0.1) is 7.11 Å². The Hall–Kier alpha value is -2.75. The molecular formula is C27H31F3O2. The van der Waals surface area contributed by atoms with Crippen molar-refractivity contribution < 1.29 is 23.0 Å². The molecule has 0 saturated carbocycles. The Kier molecular flexibility index (Phi) is 8.54. The van der Waals surface area contributed by atoms with Crippen molar-refractivity contribution in [1.82, 2.24) is 0 Å². The number of alkyl halides is 3. The zero-order valence-electron chi connectivity index (χ0n) is 19.3. The maximum atomic E-state index is 14.2. The molecule has 0 aliphatic heterocycles. The van der Waals surface area contributed by atoms with Crippen LogP contribution in [-0.4, -0.2) is 18.4 Å². The number of hydrogen-bond acceptors (Lipinski definition) is 2. The Morgan fingerprint density at radius 2 is 1.84 bits per heavy atom. The second-order valence-corrected chi connectivity index (χ2v) is 8.00. The summed E-state index contributed by atoms with van der Waals surface area (Å²) in [5.41, 5.74) is 2.71. The Labute approximate surface area is 188 Å². The first kappa shape index (κ1) is 25.5. The van der Waals surface area contributed by atoms with Crippen LogP contribution in [0.15, 0.2) is 65.9 Å². The van der Waals surface area contributed by atoms with Crippen molar-refractivity contribution in [2.75, 3.05) is 7.11 Å². The van der Waals surface area contributed by atoms with E-state index in [0.717, 1.165) is 18.4 Å². The average molecular weight is 445 g/mol. The van der Waals surface area contributed by atoms with Crippen molar-refractivity contribution in [3.63, 3.8) is 0 Å². The van der Waals surface area contributed by atoms with E-state index in [-0.39, 0.29) is 16.9 Å². The fraction of sp³-hybridized carbons (Fsp3) is 0.370. The number of ether oxygens (including phenoxy) is 1. The smallest absolute Gasteiger partial charge is 0.425 e. The van der Waals surface area contributed by atoms with E-state index in [1.54, 1.807) is 26.0 Å². The second kappa shape index (κ2) is 10.7. The number of halogens is 3. The highest BCUT2D eigenvalue weighted by molar-refractivity contribution is 5.51. The Morgan fingerprint density at radius 1 is 1.12 bits per heavy atom. The molecule has 1 N–H and O–H groups in total. The predicted molar refractivity (Wildman–Crippen MR) is 123 cm³/mol. The molecule has 1 atom stereocenters. The molecule has 32 heavy (non-hydrogen) atoms. The summed E-state index contributed by atoms with van der Waals surface area (Å²) in [6.07, 6.45) is 3.28. The molecule has 2 rings (SSSR count). The molecule has 0 heterocycles.